The number of carboxylic acids is 1. The van der Waals surface area contributed by atoms with Gasteiger partial charge in [-0.25, -0.2) is 0 Å². The number of hydrogen-bond donors (Lipinski definition) is 2. The maximum Gasteiger partial charge on any atom is 0.323 e. The van der Waals surface area contributed by atoms with E-state index in [9.17, 15) is 4.79 Å². The van der Waals surface area contributed by atoms with E-state index in [1.807, 2.05) is 31.2 Å². The molecule has 0 spiro atoms. The summed E-state index contributed by atoms with van der Waals surface area (Å²) in [5.41, 5.74) is 4.67. The second kappa shape index (κ2) is 5.48. The van der Waals surface area contributed by atoms with E-state index in [1.165, 1.54) is 0 Å². The SMILES string of the molecule is CCOc1ccccc1OC1CCC(N)(C(=O)O)C1. The van der Waals surface area contributed by atoms with Gasteiger partial charge in [-0.1, -0.05) is 12.1 Å². The Bertz CT molecular complexity index is 463. The average molecular weight is 265 g/mol. The Morgan fingerprint density at radius 3 is 2.74 bits per heavy atom. The van der Waals surface area contributed by atoms with Gasteiger partial charge in [0.25, 0.3) is 0 Å². The van der Waals surface area contributed by atoms with Crippen molar-refractivity contribution in [3.8, 4) is 11.5 Å². The summed E-state index contributed by atoms with van der Waals surface area (Å²) in [6.07, 6.45) is 1.22. The summed E-state index contributed by atoms with van der Waals surface area (Å²) >= 11 is 0. The van der Waals surface area contributed by atoms with Crippen LogP contribution in [0.3, 0.4) is 0 Å². The zero-order valence-corrected chi connectivity index (χ0v) is 11.0. The standard InChI is InChI=1S/C14H19NO4/c1-2-18-11-5-3-4-6-12(11)19-10-7-8-14(15,9-10)13(16)17/h3-6,10H,2,7-9,15H2,1H3,(H,16,17). The second-order valence-corrected chi connectivity index (χ2v) is 4.82. The number of para-hydroxylation sites is 2. The van der Waals surface area contributed by atoms with Crippen LogP contribution in [-0.4, -0.2) is 29.3 Å². The van der Waals surface area contributed by atoms with E-state index in [-0.39, 0.29) is 6.10 Å². The number of carbonyl (C=O) groups is 1. The van der Waals surface area contributed by atoms with Gasteiger partial charge in [-0.05, 0) is 31.9 Å². The molecule has 104 valence electrons. The molecule has 0 heterocycles. The molecule has 1 aliphatic carbocycles. The van der Waals surface area contributed by atoms with E-state index in [4.69, 9.17) is 20.3 Å². The van der Waals surface area contributed by atoms with Crippen molar-refractivity contribution in [1.82, 2.24) is 0 Å². The van der Waals surface area contributed by atoms with Gasteiger partial charge in [0.15, 0.2) is 11.5 Å². The molecule has 1 saturated carbocycles. The van der Waals surface area contributed by atoms with E-state index in [0.717, 1.165) is 0 Å². The molecule has 5 nitrogen and oxygen atoms in total. The van der Waals surface area contributed by atoms with Crippen LogP contribution in [0.15, 0.2) is 24.3 Å². The van der Waals surface area contributed by atoms with E-state index < -0.39 is 11.5 Å². The first-order valence-corrected chi connectivity index (χ1v) is 6.46. The summed E-state index contributed by atoms with van der Waals surface area (Å²) in [7, 11) is 0. The number of nitrogens with two attached hydrogens (primary N) is 1. The Kier molecular flexibility index (Phi) is 3.95. The van der Waals surface area contributed by atoms with Gasteiger partial charge in [-0.3, -0.25) is 4.79 Å². The van der Waals surface area contributed by atoms with Gasteiger partial charge in [-0.2, -0.15) is 0 Å². The van der Waals surface area contributed by atoms with Crippen LogP contribution in [0.5, 0.6) is 11.5 Å². The highest BCUT2D eigenvalue weighted by Gasteiger charge is 2.43. The Hall–Kier alpha value is -1.75. The molecule has 0 amide bonds. The van der Waals surface area contributed by atoms with Gasteiger partial charge in [0.2, 0.25) is 0 Å². The lowest BCUT2D eigenvalue weighted by molar-refractivity contribution is -0.143. The molecule has 19 heavy (non-hydrogen) atoms. The third kappa shape index (κ3) is 2.98. The van der Waals surface area contributed by atoms with Crippen LogP contribution < -0.4 is 15.2 Å². The summed E-state index contributed by atoms with van der Waals surface area (Å²) in [6, 6.07) is 7.39. The topological polar surface area (TPSA) is 81.8 Å². The van der Waals surface area contributed by atoms with E-state index in [1.54, 1.807) is 0 Å². The molecular weight excluding hydrogens is 246 g/mol. The predicted molar refractivity (Wildman–Crippen MR) is 70.4 cm³/mol. The zero-order chi connectivity index (χ0) is 13.9. The lowest BCUT2D eigenvalue weighted by Crippen LogP contribution is -2.46. The van der Waals surface area contributed by atoms with Crippen molar-refractivity contribution in [2.75, 3.05) is 6.61 Å². The Morgan fingerprint density at radius 1 is 1.47 bits per heavy atom. The third-order valence-electron chi connectivity index (χ3n) is 3.37. The maximum atomic E-state index is 11.1. The number of rotatable bonds is 5. The molecule has 0 saturated heterocycles. The molecule has 0 radical (unpaired) electrons. The van der Waals surface area contributed by atoms with Crippen molar-refractivity contribution in [3.63, 3.8) is 0 Å². The number of aliphatic carboxylic acids is 1. The maximum absolute atomic E-state index is 11.1. The molecule has 3 N–H and O–H groups in total. The molecule has 1 fully saturated rings. The van der Waals surface area contributed by atoms with Crippen molar-refractivity contribution in [2.24, 2.45) is 5.73 Å². The quantitative estimate of drug-likeness (QED) is 0.848. The minimum absolute atomic E-state index is 0.178. The molecule has 2 unspecified atom stereocenters. The number of hydrogen-bond acceptors (Lipinski definition) is 4. The number of ether oxygens (including phenoxy) is 2. The fraction of sp³-hybridized carbons (Fsp3) is 0.500. The van der Waals surface area contributed by atoms with E-state index in [0.29, 0.717) is 37.4 Å². The Morgan fingerprint density at radius 2 is 2.16 bits per heavy atom. The van der Waals surface area contributed by atoms with Crippen molar-refractivity contribution in [3.05, 3.63) is 24.3 Å². The predicted octanol–water partition coefficient (Wildman–Crippen LogP) is 1.80. The first-order valence-electron chi connectivity index (χ1n) is 6.46. The van der Waals surface area contributed by atoms with Gasteiger partial charge < -0.3 is 20.3 Å². The van der Waals surface area contributed by atoms with Crippen LogP contribution in [0.2, 0.25) is 0 Å². The monoisotopic (exact) mass is 265 g/mol. The summed E-state index contributed by atoms with van der Waals surface area (Å²) in [6.45, 7) is 2.46. The van der Waals surface area contributed by atoms with Crippen LogP contribution in [0, 0.1) is 0 Å². The highest BCUT2D eigenvalue weighted by Crippen LogP contribution is 2.34. The molecule has 5 heteroatoms. The molecule has 0 bridgehead atoms. The van der Waals surface area contributed by atoms with Gasteiger partial charge in [-0.15, -0.1) is 0 Å². The second-order valence-electron chi connectivity index (χ2n) is 4.82. The van der Waals surface area contributed by atoms with Crippen molar-refractivity contribution < 1.29 is 19.4 Å². The van der Waals surface area contributed by atoms with Gasteiger partial charge >= 0.3 is 5.97 Å². The third-order valence-corrected chi connectivity index (χ3v) is 3.37. The fourth-order valence-electron chi connectivity index (χ4n) is 2.33. The van der Waals surface area contributed by atoms with Crippen LogP contribution in [0.25, 0.3) is 0 Å². The smallest absolute Gasteiger partial charge is 0.323 e. The minimum Gasteiger partial charge on any atom is -0.490 e. The molecular formula is C14H19NO4. The Balaban J connectivity index is 2.05. The molecule has 1 aliphatic rings. The van der Waals surface area contributed by atoms with Crippen molar-refractivity contribution in [1.29, 1.82) is 0 Å². The highest BCUT2D eigenvalue weighted by atomic mass is 16.5. The molecule has 1 aromatic rings. The number of benzene rings is 1. The minimum atomic E-state index is -1.16. The van der Waals surface area contributed by atoms with Crippen LogP contribution >= 0.6 is 0 Å². The van der Waals surface area contributed by atoms with Crippen LogP contribution in [0.1, 0.15) is 26.2 Å². The first-order chi connectivity index (χ1) is 9.05. The molecule has 2 rings (SSSR count). The summed E-state index contributed by atoms with van der Waals surface area (Å²) < 4.78 is 11.3. The highest BCUT2D eigenvalue weighted by molar-refractivity contribution is 5.79. The summed E-state index contributed by atoms with van der Waals surface area (Å²) in [5, 5.41) is 9.09. The zero-order valence-electron chi connectivity index (χ0n) is 11.0. The van der Waals surface area contributed by atoms with Crippen molar-refractivity contribution >= 4 is 5.97 Å². The van der Waals surface area contributed by atoms with Crippen LogP contribution in [-0.2, 0) is 4.79 Å². The first kappa shape index (κ1) is 13.7. The Labute approximate surface area is 112 Å². The molecule has 1 aromatic carbocycles. The largest absolute Gasteiger partial charge is 0.490 e. The van der Waals surface area contributed by atoms with Gasteiger partial charge in [0.1, 0.15) is 11.6 Å². The average Bonchev–Trinajstić information content (AvgIpc) is 2.75. The van der Waals surface area contributed by atoms with Crippen molar-refractivity contribution in [2.45, 2.75) is 37.8 Å². The summed E-state index contributed by atoms with van der Waals surface area (Å²) in [4.78, 5) is 11.1. The molecule has 2 atom stereocenters. The lowest BCUT2D eigenvalue weighted by Gasteiger charge is -2.19. The van der Waals surface area contributed by atoms with E-state index >= 15 is 0 Å². The molecule has 0 aliphatic heterocycles. The van der Waals surface area contributed by atoms with Gasteiger partial charge in [0, 0.05) is 6.42 Å². The number of carboxylic acid groups (broad SMARTS) is 1. The normalized spacial score (nSPS) is 26.1. The molecule has 0 aromatic heterocycles. The lowest BCUT2D eigenvalue weighted by atomic mass is 10.00. The van der Waals surface area contributed by atoms with E-state index in [2.05, 4.69) is 0 Å². The summed E-state index contributed by atoms with van der Waals surface area (Å²) in [5.74, 6) is 0.357. The van der Waals surface area contributed by atoms with Crippen LogP contribution in [0.4, 0.5) is 0 Å². The fourth-order valence-corrected chi connectivity index (χ4v) is 2.33. The van der Waals surface area contributed by atoms with Gasteiger partial charge in [0.05, 0.1) is 6.61 Å².